The van der Waals surface area contributed by atoms with Gasteiger partial charge in [-0.25, -0.2) is 0 Å². The third kappa shape index (κ3) is 2.44. The molecule has 2 aliphatic carbocycles. The molecule has 3 rings (SSSR count). The monoisotopic (exact) mass is 281 g/mol. The van der Waals surface area contributed by atoms with Crippen molar-refractivity contribution in [3.8, 4) is 0 Å². The summed E-state index contributed by atoms with van der Waals surface area (Å²) in [6.07, 6.45) is 6.59. The molecule has 1 heterocycles. The first-order valence-electron chi connectivity index (χ1n) is 6.09. The van der Waals surface area contributed by atoms with Crippen molar-refractivity contribution in [2.24, 2.45) is 11.3 Å². The average Bonchev–Trinajstić information content (AvgIpc) is 3.00. The van der Waals surface area contributed by atoms with Crippen LogP contribution in [-0.4, -0.2) is 21.9 Å². The molecule has 2 fully saturated rings. The van der Waals surface area contributed by atoms with Gasteiger partial charge in [-0.3, -0.25) is 4.79 Å². The van der Waals surface area contributed by atoms with Gasteiger partial charge in [0.2, 0.25) is 11.0 Å². The zero-order valence-corrected chi connectivity index (χ0v) is 11.6. The lowest BCUT2D eigenvalue weighted by atomic mass is 9.71. The molecule has 6 heteroatoms. The summed E-state index contributed by atoms with van der Waals surface area (Å²) < 4.78 is 0.873. The third-order valence-electron chi connectivity index (χ3n) is 3.65. The van der Waals surface area contributed by atoms with Crippen LogP contribution in [0.4, 0.5) is 5.13 Å². The Labute approximate surface area is 114 Å². The topological polar surface area (TPSA) is 54.9 Å². The molecular formula is C12H15N3OS2. The molecule has 0 aromatic carbocycles. The van der Waals surface area contributed by atoms with Crippen LogP contribution in [0, 0.1) is 11.3 Å². The van der Waals surface area contributed by atoms with Crippen LogP contribution in [0.1, 0.15) is 25.7 Å². The van der Waals surface area contributed by atoms with Crippen molar-refractivity contribution in [3.05, 3.63) is 12.7 Å². The molecule has 0 radical (unpaired) electrons. The van der Waals surface area contributed by atoms with Gasteiger partial charge in [0.25, 0.3) is 0 Å². The Bertz CT molecular complexity index is 473. The van der Waals surface area contributed by atoms with Crippen molar-refractivity contribution in [1.29, 1.82) is 0 Å². The van der Waals surface area contributed by atoms with Crippen molar-refractivity contribution in [1.82, 2.24) is 10.2 Å². The first-order chi connectivity index (χ1) is 8.71. The maximum Gasteiger partial charge on any atom is 0.229 e. The Hall–Kier alpha value is -0.880. The molecule has 1 spiro atoms. The van der Waals surface area contributed by atoms with E-state index in [-0.39, 0.29) is 11.8 Å². The number of amides is 1. The Morgan fingerprint density at radius 1 is 1.56 bits per heavy atom. The van der Waals surface area contributed by atoms with Crippen LogP contribution in [0.5, 0.6) is 0 Å². The summed E-state index contributed by atoms with van der Waals surface area (Å²) in [6, 6.07) is 0. The predicted molar refractivity (Wildman–Crippen MR) is 73.9 cm³/mol. The highest BCUT2D eigenvalue weighted by Crippen LogP contribution is 2.63. The average molecular weight is 281 g/mol. The van der Waals surface area contributed by atoms with E-state index in [2.05, 4.69) is 22.1 Å². The molecule has 0 atom stereocenters. The van der Waals surface area contributed by atoms with E-state index in [1.54, 1.807) is 11.8 Å². The predicted octanol–water partition coefficient (Wildman–Crippen LogP) is 2.94. The second-order valence-electron chi connectivity index (χ2n) is 5.07. The van der Waals surface area contributed by atoms with Gasteiger partial charge in [-0.1, -0.05) is 29.2 Å². The first kappa shape index (κ1) is 12.2. The molecule has 1 aromatic heterocycles. The second kappa shape index (κ2) is 4.66. The Morgan fingerprint density at radius 3 is 3.00 bits per heavy atom. The number of nitrogens with one attached hydrogen (secondary N) is 1. The fraction of sp³-hybridized carbons (Fsp3) is 0.583. The molecular weight excluding hydrogens is 266 g/mol. The van der Waals surface area contributed by atoms with E-state index in [0.717, 1.165) is 22.9 Å². The van der Waals surface area contributed by atoms with Crippen molar-refractivity contribution in [3.63, 3.8) is 0 Å². The third-order valence-corrected chi connectivity index (χ3v) is 5.62. The highest BCUT2D eigenvalue weighted by atomic mass is 32.2. The van der Waals surface area contributed by atoms with Gasteiger partial charge in [-0.05, 0) is 31.1 Å². The molecule has 1 N–H and O–H groups in total. The Kier molecular flexibility index (Phi) is 3.15. The summed E-state index contributed by atoms with van der Waals surface area (Å²) in [7, 11) is 0. The normalized spacial score (nSPS) is 20.4. The van der Waals surface area contributed by atoms with Gasteiger partial charge in [0.15, 0.2) is 4.34 Å². The number of nitrogens with zero attached hydrogens (tertiary/aromatic N) is 2. The molecule has 0 unspecified atom stereocenters. The minimum Gasteiger partial charge on any atom is -0.300 e. The number of anilines is 1. The summed E-state index contributed by atoms with van der Waals surface area (Å²) in [4.78, 5) is 11.9. The molecule has 2 aliphatic rings. The van der Waals surface area contributed by atoms with E-state index in [1.807, 2.05) is 6.08 Å². The highest BCUT2D eigenvalue weighted by molar-refractivity contribution is 8.01. The lowest BCUT2D eigenvalue weighted by molar-refractivity contribution is -0.124. The molecule has 96 valence electrons. The van der Waals surface area contributed by atoms with Crippen LogP contribution in [0.15, 0.2) is 17.0 Å². The fourth-order valence-corrected chi connectivity index (χ4v) is 3.93. The summed E-state index contributed by atoms with van der Waals surface area (Å²) in [5, 5.41) is 11.5. The minimum absolute atomic E-state index is 0.115. The van der Waals surface area contributed by atoms with Crippen LogP contribution >= 0.6 is 23.1 Å². The molecule has 0 aliphatic heterocycles. The van der Waals surface area contributed by atoms with Crippen LogP contribution < -0.4 is 5.32 Å². The SMILES string of the molecule is C=CCSc1nnc(NC(=O)C2CC3(CC3)C2)s1. The molecule has 0 saturated heterocycles. The lowest BCUT2D eigenvalue weighted by Gasteiger charge is -2.34. The molecule has 2 saturated carbocycles. The van der Waals surface area contributed by atoms with Gasteiger partial charge in [0, 0.05) is 11.7 Å². The number of aromatic nitrogens is 2. The Morgan fingerprint density at radius 2 is 2.33 bits per heavy atom. The first-order valence-corrected chi connectivity index (χ1v) is 7.89. The van der Waals surface area contributed by atoms with Gasteiger partial charge in [-0.2, -0.15) is 0 Å². The maximum absolute atomic E-state index is 11.9. The molecule has 1 amide bonds. The van der Waals surface area contributed by atoms with Gasteiger partial charge in [0.05, 0.1) is 0 Å². The molecule has 4 nitrogen and oxygen atoms in total. The number of thioether (sulfide) groups is 1. The van der Waals surface area contributed by atoms with E-state index < -0.39 is 0 Å². The lowest BCUT2D eigenvalue weighted by Crippen LogP contribution is -2.35. The second-order valence-corrected chi connectivity index (χ2v) is 7.31. The molecule has 18 heavy (non-hydrogen) atoms. The molecule has 0 bridgehead atoms. The highest BCUT2D eigenvalue weighted by Gasteiger charge is 2.54. The van der Waals surface area contributed by atoms with Crippen molar-refractivity contribution in [2.75, 3.05) is 11.1 Å². The van der Waals surface area contributed by atoms with Crippen LogP contribution in [0.3, 0.4) is 0 Å². The van der Waals surface area contributed by atoms with Crippen LogP contribution in [0.25, 0.3) is 0 Å². The summed E-state index contributed by atoms with van der Waals surface area (Å²) in [5.74, 6) is 1.12. The van der Waals surface area contributed by atoms with E-state index in [0.29, 0.717) is 10.5 Å². The largest absolute Gasteiger partial charge is 0.300 e. The van der Waals surface area contributed by atoms with Gasteiger partial charge >= 0.3 is 0 Å². The van der Waals surface area contributed by atoms with E-state index in [4.69, 9.17) is 0 Å². The van der Waals surface area contributed by atoms with E-state index >= 15 is 0 Å². The zero-order chi connectivity index (χ0) is 12.6. The standard InChI is InChI=1S/C12H15N3OS2/c1-2-5-17-11-15-14-10(18-11)13-9(16)8-6-12(7-8)3-4-12/h2,8H,1,3-7H2,(H,13,14,16). The van der Waals surface area contributed by atoms with Crippen LogP contribution in [0.2, 0.25) is 0 Å². The van der Waals surface area contributed by atoms with Crippen molar-refractivity contribution in [2.45, 2.75) is 30.0 Å². The zero-order valence-electron chi connectivity index (χ0n) is 10.0. The smallest absolute Gasteiger partial charge is 0.229 e. The fourth-order valence-electron chi connectivity index (χ4n) is 2.41. The maximum atomic E-state index is 11.9. The quantitative estimate of drug-likeness (QED) is 0.512. The minimum atomic E-state index is 0.115. The number of hydrogen-bond acceptors (Lipinski definition) is 5. The number of rotatable bonds is 5. The van der Waals surface area contributed by atoms with Gasteiger partial charge in [-0.15, -0.1) is 16.8 Å². The van der Waals surface area contributed by atoms with Crippen LogP contribution in [-0.2, 0) is 4.79 Å². The number of carbonyl (C=O) groups excluding carboxylic acids is 1. The van der Waals surface area contributed by atoms with E-state index in [9.17, 15) is 4.79 Å². The number of hydrogen-bond donors (Lipinski definition) is 1. The Balaban J connectivity index is 1.51. The van der Waals surface area contributed by atoms with Crippen molar-refractivity contribution < 1.29 is 4.79 Å². The van der Waals surface area contributed by atoms with Gasteiger partial charge in [0.1, 0.15) is 0 Å². The molecule has 1 aromatic rings. The van der Waals surface area contributed by atoms with Gasteiger partial charge < -0.3 is 5.32 Å². The van der Waals surface area contributed by atoms with Crippen molar-refractivity contribution >= 4 is 34.1 Å². The number of carbonyl (C=O) groups is 1. The summed E-state index contributed by atoms with van der Waals surface area (Å²) in [5.41, 5.74) is 0.564. The van der Waals surface area contributed by atoms with E-state index in [1.165, 1.54) is 24.2 Å². The summed E-state index contributed by atoms with van der Waals surface area (Å²) in [6.45, 7) is 3.66. The summed E-state index contributed by atoms with van der Waals surface area (Å²) >= 11 is 3.01.